The van der Waals surface area contributed by atoms with Crippen LogP contribution < -0.4 is 10.6 Å². The lowest BCUT2D eigenvalue weighted by molar-refractivity contribution is -0.147. The molecular formula is C18H22N4O2. The lowest BCUT2D eigenvalue weighted by Gasteiger charge is -2.24. The number of aliphatic carboxylic acids is 1. The van der Waals surface area contributed by atoms with Gasteiger partial charge in [0, 0.05) is 18.3 Å². The number of para-hydroxylation sites is 1. The molecule has 1 fully saturated rings. The van der Waals surface area contributed by atoms with Gasteiger partial charge < -0.3 is 15.7 Å². The Balaban J connectivity index is 1.73. The molecule has 0 saturated heterocycles. The van der Waals surface area contributed by atoms with Crippen molar-refractivity contribution >= 4 is 23.3 Å². The van der Waals surface area contributed by atoms with Gasteiger partial charge in [-0.15, -0.1) is 0 Å². The van der Waals surface area contributed by atoms with E-state index in [1.54, 1.807) is 0 Å². The Kier molecular flexibility index (Phi) is 4.64. The zero-order chi connectivity index (χ0) is 17.0. The van der Waals surface area contributed by atoms with Crippen molar-refractivity contribution in [1.29, 1.82) is 0 Å². The van der Waals surface area contributed by atoms with E-state index in [9.17, 15) is 9.90 Å². The second-order valence-corrected chi connectivity index (χ2v) is 6.32. The second kappa shape index (κ2) is 6.86. The zero-order valence-electron chi connectivity index (χ0n) is 13.7. The molecule has 0 unspecified atom stereocenters. The summed E-state index contributed by atoms with van der Waals surface area (Å²) in [5, 5.41) is 16.0. The molecule has 0 bridgehead atoms. The predicted molar refractivity (Wildman–Crippen MR) is 93.5 cm³/mol. The van der Waals surface area contributed by atoms with Crippen molar-refractivity contribution < 1.29 is 9.90 Å². The van der Waals surface area contributed by atoms with Crippen LogP contribution in [0.15, 0.2) is 36.4 Å². The van der Waals surface area contributed by atoms with Crippen LogP contribution in [-0.4, -0.2) is 27.6 Å². The first kappa shape index (κ1) is 16.2. The number of hydrogen-bond acceptors (Lipinski definition) is 5. The maximum Gasteiger partial charge on any atom is 0.311 e. The Labute approximate surface area is 141 Å². The van der Waals surface area contributed by atoms with Crippen molar-refractivity contribution in [3.05, 3.63) is 42.2 Å². The fourth-order valence-electron chi connectivity index (χ4n) is 3.17. The maximum atomic E-state index is 11.6. The number of anilines is 3. The summed E-state index contributed by atoms with van der Waals surface area (Å²) in [4.78, 5) is 20.4. The Morgan fingerprint density at radius 1 is 1.17 bits per heavy atom. The van der Waals surface area contributed by atoms with Gasteiger partial charge in [-0.3, -0.25) is 4.79 Å². The Morgan fingerprint density at radius 3 is 2.50 bits per heavy atom. The van der Waals surface area contributed by atoms with Crippen molar-refractivity contribution in [2.75, 3.05) is 17.2 Å². The molecule has 6 nitrogen and oxygen atoms in total. The standard InChI is InChI=1S/C18H22N4O2/c1-13-20-15(19-12-18(17(23)24)9-5-6-10-18)11-16(21-13)22-14-7-3-2-4-8-14/h2-4,7-8,11H,5-6,9-10,12H2,1H3,(H,23,24)(H2,19,20,21,22). The monoisotopic (exact) mass is 326 g/mol. The fraction of sp³-hybridized carbons (Fsp3) is 0.389. The molecule has 6 heteroatoms. The van der Waals surface area contributed by atoms with Gasteiger partial charge >= 0.3 is 5.97 Å². The van der Waals surface area contributed by atoms with E-state index in [4.69, 9.17) is 0 Å². The number of aryl methyl sites for hydroxylation is 1. The number of hydrogen-bond donors (Lipinski definition) is 3. The van der Waals surface area contributed by atoms with Crippen LogP contribution in [-0.2, 0) is 4.79 Å². The van der Waals surface area contributed by atoms with Gasteiger partial charge in [-0.05, 0) is 31.9 Å². The van der Waals surface area contributed by atoms with E-state index in [-0.39, 0.29) is 0 Å². The van der Waals surface area contributed by atoms with Crippen LogP contribution in [0.1, 0.15) is 31.5 Å². The third-order valence-electron chi connectivity index (χ3n) is 4.51. The molecule has 0 amide bonds. The van der Waals surface area contributed by atoms with E-state index >= 15 is 0 Å². The zero-order valence-corrected chi connectivity index (χ0v) is 13.7. The summed E-state index contributed by atoms with van der Waals surface area (Å²) in [5.74, 6) is 1.25. The van der Waals surface area contributed by atoms with Gasteiger partial charge in [0.15, 0.2) is 0 Å². The van der Waals surface area contributed by atoms with Gasteiger partial charge in [-0.1, -0.05) is 31.0 Å². The number of aromatic nitrogens is 2. The van der Waals surface area contributed by atoms with Crippen LogP contribution in [0.5, 0.6) is 0 Å². The van der Waals surface area contributed by atoms with Crippen molar-refractivity contribution in [2.24, 2.45) is 5.41 Å². The van der Waals surface area contributed by atoms with Crippen LogP contribution in [0.3, 0.4) is 0 Å². The number of benzene rings is 1. The Bertz CT molecular complexity index is 712. The summed E-state index contributed by atoms with van der Waals surface area (Å²) in [6.07, 6.45) is 3.37. The molecule has 0 atom stereocenters. The molecule has 3 rings (SSSR count). The highest BCUT2D eigenvalue weighted by Gasteiger charge is 2.41. The van der Waals surface area contributed by atoms with E-state index in [0.717, 1.165) is 18.5 Å². The lowest BCUT2D eigenvalue weighted by Crippen LogP contribution is -2.35. The largest absolute Gasteiger partial charge is 0.481 e. The summed E-state index contributed by atoms with van der Waals surface area (Å²) < 4.78 is 0. The molecule has 1 heterocycles. The minimum Gasteiger partial charge on any atom is -0.481 e. The lowest BCUT2D eigenvalue weighted by atomic mass is 9.86. The van der Waals surface area contributed by atoms with Gasteiger partial charge in [0.05, 0.1) is 5.41 Å². The first-order valence-corrected chi connectivity index (χ1v) is 8.22. The first-order valence-electron chi connectivity index (χ1n) is 8.22. The van der Waals surface area contributed by atoms with Crippen LogP contribution >= 0.6 is 0 Å². The summed E-state index contributed by atoms with van der Waals surface area (Å²) in [5.41, 5.74) is 0.269. The van der Waals surface area contributed by atoms with E-state index < -0.39 is 11.4 Å². The number of carboxylic acid groups (broad SMARTS) is 1. The summed E-state index contributed by atoms with van der Waals surface area (Å²) in [7, 11) is 0. The maximum absolute atomic E-state index is 11.6. The number of nitrogens with zero attached hydrogens (tertiary/aromatic N) is 2. The summed E-state index contributed by atoms with van der Waals surface area (Å²) in [6.45, 7) is 2.22. The first-order chi connectivity index (χ1) is 11.6. The van der Waals surface area contributed by atoms with Gasteiger partial charge in [-0.2, -0.15) is 0 Å². The van der Waals surface area contributed by atoms with Gasteiger partial charge in [-0.25, -0.2) is 9.97 Å². The molecule has 1 aliphatic rings. The Hall–Kier alpha value is -2.63. The number of nitrogens with one attached hydrogen (secondary N) is 2. The van der Waals surface area contributed by atoms with E-state index in [1.807, 2.05) is 43.3 Å². The summed E-state index contributed by atoms with van der Waals surface area (Å²) >= 11 is 0. The molecule has 1 aromatic heterocycles. The highest BCUT2D eigenvalue weighted by atomic mass is 16.4. The topological polar surface area (TPSA) is 87.1 Å². The number of carbonyl (C=O) groups is 1. The Morgan fingerprint density at radius 2 is 1.83 bits per heavy atom. The molecule has 1 saturated carbocycles. The van der Waals surface area contributed by atoms with Crippen LogP contribution in [0.2, 0.25) is 0 Å². The van der Waals surface area contributed by atoms with Crippen LogP contribution in [0, 0.1) is 12.3 Å². The number of carboxylic acids is 1. The second-order valence-electron chi connectivity index (χ2n) is 6.32. The number of rotatable bonds is 6. The average Bonchev–Trinajstić information content (AvgIpc) is 3.04. The summed E-state index contributed by atoms with van der Waals surface area (Å²) in [6, 6.07) is 11.6. The molecule has 126 valence electrons. The smallest absolute Gasteiger partial charge is 0.311 e. The molecule has 0 spiro atoms. The normalized spacial score (nSPS) is 15.9. The van der Waals surface area contributed by atoms with E-state index in [1.165, 1.54) is 0 Å². The molecule has 24 heavy (non-hydrogen) atoms. The fourth-order valence-corrected chi connectivity index (χ4v) is 3.17. The minimum atomic E-state index is -0.721. The minimum absolute atomic E-state index is 0.392. The highest BCUT2D eigenvalue weighted by Crippen LogP contribution is 2.38. The van der Waals surface area contributed by atoms with Gasteiger partial charge in [0.25, 0.3) is 0 Å². The average molecular weight is 326 g/mol. The van der Waals surface area contributed by atoms with Gasteiger partial charge in [0.1, 0.15) is 17.5 Å². The molecule has 0 radical (unpaired) electrons. The van der Waals surface area contributed by atoms with E-state index in [2.05, 4.69) is 20.6 Å². The molecular weight excluding hydrogens is 304 g/mol. The molecule has 0 aliphatic heterocycles. The SMILES string of the molecule is Cc1nc(NCC2(C(=O)O)CCCC2)cc(Nc2ccccc2)n1. The van der Waals surface area contributed by atoms with Crippen molar-refractivity contribution in [2.45, 2.75) is 32.6 Å². The van der Waals surface area contributed by atoms with Crippen molar-refractivity contribution in [1.82, 2.24) is 9.97 Å². The highest BCUT2D eigenvalue weighted by molar-refractivity contribution is 5.76. The molecule has 1 aliphatic carbocycles. The van der Waals surface area contributed by atoms with Crippen molar-refractivity contribution in [3.8, 4) is 0 Å². The van der Waals surface area contributed by atoms with Crippen LogP contribution in [0.4, 0.5) is 17.3 Å². The molecule has 3 N–H and O–H groups in total. The third kappa shape index (κ3) is 3.64. The van der Waals surface area contributed by atoms with Crippen LogP contribution in [0.25, 0.3) is 0 Å². The molecule has 1 aromatic carbocycles. The third-order valence-corrected chi connectivity index (χ3v) is 4.51. The van der Waals surface area contributed by atoms with Gasteiger partial charge in [0.2, 0.25) is 0 Å². The quantitative estimate of drug-likeness (QED) is 0.752. The van der Waals surface area contributed by atoms with Crippen molar-refractivity contribution in [3.63, 3.8) is 0 Å². The predicted octanol–water partition coefficient (Wildman–Crippen LogP) is 3.59. The molecule has 2 aromatic rings. The van der Waals surface area contributed by atoms with E-state index in [0.29, 0.717) is 36.8 Å².